The van der Waals surface area contributed by atoms with E-state index in [1.165, 1.54) is 6.07 Å². The molecule has 1 saturated heterocycles. The van der Waals surface area contributed by atoms with Crippen LogP contribution in [-0.2, 0) is 4.74 Å². The Kier molecular flexibility index (Phi) is 3.74. The first-order chi connectivity index (χ1) is 8.18. The third kappa shape index (κ3) is 2.82. The third-order valence-corrected chi connectivity index (χ3v) is 3.01. The van der Waals surface area contributed by atoms with E-state index in [4.69, 9.17) is 4.74 Å². The Bertz CT molecular complexity index is 414. The number of amides is 1. The van der Waals surface area contributed by atoms with E-state index in [-0.39, 0.29) is 11.5 Å². The summed E-state index contributed by atoms with van der Waals surface area (Å²) in [5.41, 5.74) is 0.603. The standard InChI is InChI=1S/C13H16FNO2/c1-9-3-2-4-11(12(9)14)13(16)15-7-10-5-6-17-8-10/h2-4,10H,5-8H2,1H3,(H,15,16). The molecule has 1 fully saturated rings. The van der Waals surface area contributed by atoms with Gasteiger partial charge in [0, 0.05) is 19.1 Å². The molecule has 0 bridgehead atoms. The van der Waals surface area contributed by atoms with Crippen molar-refractivity contribution in [2.45, 2.75) is 13.3 Å². The topological polar surface area (TPSA) is 38.3 Å². The van der Waals surface area contributed by atoms with E-state index in [0.29, 0.717) is 24.6 Å². The van der Waals surface area contributed by atoms with Crippen molar-refractivity contribution >= 4 is 5.91 Å². The van der Waals surface area contributed by atoms with Gasteiger partial charge in [-0.15, -0.1) is 0 Å². The summed E-state index contributed by atoms with van der Waals surface area (Å²) in [7, 11) is 0. The maximum atomic E-state index is 13.7. The monoisotopic (exact) mass is 237 g/mol. The Morgan fingerprint density at radius 2 is 2.41 bits per heavy atom. The summed E-state index contributed by atoms with van der Waals surface area (Å²) in [5.74, 6) is -0.433. The fourth-order valence-electron chi connectivity index (χ4n) is 1.90. The van der Waals surface area contributed by atoms with E-state index < -0.39 is 5.82 Å². The second-order valence-electron chi connectivity index (χ2n) is 4.38. The minimum absolute atomic E-state index is 0.115. The zero-order valence-corrected chi connectivity index (χ0v) is 9.83. The Hall–Kier alpha value is -1.42. The molecule has 1 atom stereocenters. The van der Waals surface area contributed by atoms with Gasteiger partial charge in [-0.25, -0.2) is 4.39 Å². The minimum Gasteiger partial charge on any atom is -0.381 e. The number of ether oxygens (including phenoxy) is 1. The molecule has 17 heavy (non-hydrogen) atoms. The van der Waals surface area contributed by atoms with Crippen molar-refractivity contribution in [3.8, 4) is 0 Å². The van der Waals surface area contributed by atoms with Crippen LogP contribution in [-0.4, -0.2) is 25.7 Å². The van der Waals surface area contributed by atoms with Gasteiger partial charge in [-0.05, 0) is 25.0 Å². The summed E-state index contributed by atoms with van der Waals surface area (Å²) >= 11 is 0. The molecule has 0 aliphatic carbocycles. The fraction of sp³-hybridized carbons (Fsp3) is 0.462. The van der Waals surface area contributed by atoms with Gasteiger partial charge in [0.1, 0.15) is 5.82 Å². The minimum atomic E-state index is -0.437. The van der Waals surface area contributed by atoms with E-state index in [0.717, 1.165) is 13.0 Å². The Balaban J connectivity index is 1.97. The van der Waals surface area contributed by atoms with Gasteiger partial charge in [-0.1, -0.05) is 12.1 Å². The molecule has 1 amide bonds. The number of carbonyl (C=O) groups is 1. The van der Waals surface area contributed by atoms with Gasteiger partial charge in [-0.3, -0.25) is 4.79 Å². The van der Waals surface area contributed by atoms with E-state index in [1.54, 1.807) is 19.1 Å². The summed E-state index contributed by atoms with van der Waals surface area (Å²) in [6, 6.07) is 4.84. The Morgan fingerprint density at radius 3 is 3.12 bits per heavy atom. The lowest BCUT2D eigenvalue weighted by atomic mass is 10.1. The number of halogens is 1. The molecule has 0 saturated carbocycles. The molecule has 2 rings (SSSR count). The highest BCUT2D eigenvalue weighted by molar-refractivity contribution is 5.94. The van der Waals surface area contributed by atoms with Crippen LogP contribution in [0.4, 0.5) is 4.39 Å². The first kappa shape index (κ1) is 12.0. The van der Waals surface area contributed by atoms with E-state index >= 15 is 0 Å². The normalized spacial score (nSPS) is 19.3. The zero-order valence-electron chi connectivity index (χ0n) is 9.83. The van der Waals surface area contributed by atoms with E-state index in [1.807, 2.05) is 0 Å². The average molecular weight is 237 g/mol. The summed E-state index contributed by atoms with van der Waals surface area (Å²) in [6.45, 7) is 3.62. The van der Waals surface area contributed by atoms with Gasteiger partial charge in [-0.2, -0.15) is 0 Å². The van der Waals surface area contributed by atoms with Crippen LogP contribution in [0.2, 0.25) is 0 Å². The molecule has 1 aliphatic heterocycles. The molecule has 1 aromatic carbocycles. The predicted molar refractivity (Wildman–Crippen MR) is 62.4 cm³/mol. The SMILES string of the molecule is Cc1cccc(C(=O)NCC2CCOC2)c1F. The summed E-state index contributed by atoms with van der Waals surface area (Å²) < 4.78 is 18.9. The Morgan fingerprint density at radius 1 is 1.59 bits per heavy atom. The highest BCUT2D eigenvalue weighted by Crippen LogP contribution is 2.13. The van der Waals surface area contributed by atoms with Crippen molar-refractivity contribution in [2.75, 3.05) is 19.8 Å². The lowest BCUT2D eigenvalue weighted by Gasteiger charge is -2.10. The largest absolute Gasteiger partial charge is 0.381 e. The maximum Gasteiger partial charge on any atom is 0.254 e. The van der Waals surface area contributed by atoms with Crippen molar-refractivity contribution in [3.05, 3.63) is 35.1 Å². The molecule has 92 valence electrons. The molecule has 0 spiro atoms. The van der Waals surface area contributed by atoms with Crippen LogP contribution in [0.25, 0.3) is 0 Å². The first-order valence-corrected chi connectivity index (χ1v) is 5.79. The molecule has 1 N–H and O–H groups in total. The lowest BCUT2D eigenvalue weighted by molar-refractivity contribution is 0.0941. The molecule has 4 heteroatoms. The maximum absolute atomic E-state index is 13.7. The van der Waals surface area contributed by atoms with E-state index in [2.05, 4.69) is 5.32 Å². The van der Waals surface area contributed by atoms with Crippen LogP contribution in [0, 0.1) is 18.7 Å². The van der Waals surface area contributed by atoms with Gasteiger partial charge in [0.25, 0.3) is 5.91 Å². The molecule has 0 aromatic heterocycles. The van der Waals surface area contributed by atoms with Crippen molar-refractivity contribution in [3.63, 3.8) is 0 Å². The van der Waals surface area contributed by atoms with Crippen LogP contribution in [0.5, 0.6) is 0 Å². The number of hydrogen-bond donors (Lipinski definition) is 1. The number of carbonyl (C=O) groups excluding carboxylic acids is 1. The molecular weight excluding hydrogens is 221 g/mol. The van der Waals surface area contributed by atoms with Crippen LogP contribution in [0.3, 0.4) is 0 Å². The summed E-state index contributed by atoms with van der Waals surface area (Å²) in [6.07, 6.45) is 0.955. The summed E-state index contributed by atoms with van der Waals surface area (Å²) in [4.78, 5) is 11.8. The first-order valence-electron chi connectivity index (χ1n) is 5.79. The lowest BCUT2D eigenvalue weighted by Crippen LogP contribution is -2.30. The van der Waals surface area contributed by atoms with Gasteiger partial charge < -0.3 is 10.1 Å². The fourth-order valence-corrected chi connectivity index (χ4v) is 1.90. The molecule has 1 aromatic rings. The number of aryl methyl sites for hydroxylation is 1. The predicted octanol–water partition coefficient (Wildman–Crippen LogP) is 1.90. The highest BCUT2D eigenvalue weighted by atomic mass is 19.1. The van der Waals surface area contributed by atoms with Crippen molar-refractivity contribution in [2.24, 2.45) is 5.92 Å². The molecule has 1 heterocycles. The van der Waals surface area contributed by atoms with Crippen LogP contribution in [0.1, 0.15) is 22.3 Å². The smallest absolute Gasteiger partial charge is 0.254 e. The average Bonchev–Trinajstić information content (AvgIpc) is 2.82. The van der Waals surface area contributed by atoms with Crippen LogP contribution >= 0.6 is 0 Å². The number of nitrogens with one attached hydrogen (secondary N) is 1. The number of rotatable bonds is 3. The zero-order chi connectivity index (χ0) is 12.3. The van der Waals surface area contributed by atoms with Gasteiger partial charge >= 0.3 is 0 Å². The Labute approximate surface area is 100.0 Å². The number of hydrogen-bond acceptors (Lipinski definition) is 2. The second-order valence-corrected chi connectivity index (χ2v) is 4.38. The van der Waals surface area contributed by atoms with Gasteiger partial charge in [0.05, 0.1) is 12.2 Å². The summed E-state index contributed by atoms with van der Waals surface area (Å²) in [5, 5.41) is 2.75. The molecule has 3 nitrogen and oxygen atoms in total. The van der Waals surface area contributed by atoms with Crippen LogP contribution in [0.15, 0.2) is 18.2 Å². The van der Waals surface area contributed by atoms with Gasteiger partial charge in [0.2, 0.25) is 0 Å². The molecule has 1 aliphatic rings. The molecule has 0 radical (unpaired) electrons. The third-order valence-electron chi connectivity index (χ3n) is 3.01. The van der Waals surface area contributed by atoms with E-state index in [9.17, 15) is 9.18 Å². The van der Waals surface area contributed by atoms with Crippen molar-refractivity contribution in [1.82, 2.24) is 5.32 Å². The quantitative estimate of drug-likeness (QED) is 0.872. The molecule has 1 unspecified atom stereocenters. The van der Waals surface area contributed by atoms with Crippen molar-refractivity contribution < 1.29 is 13.9 Å². The second kappa shape index (κ2) is 5.27. The van der Waals surface area contributed by atoms with Crippen molar-refractivity contribution in [1.29, 1.82) is 0 Å². The molecular formula is C13H16FNO2. The van der Waals surface area contributed by atoms with Crippen LogP contribution < -0.4 is 5.32 Å². The van der Waals surface area contributed by atoms with Gasteiger partial charge in [0.15, 0.2) is 0 Å². The number of benzene rings is 1. The highest BCUT2D eigenvalue weighted by Gasteiger charge is 2.18.